The van der Waals surface area contributed by atoms with Crippen molar-refractivity contribution in [1.29, 1.82) is 0 Å². The number of carboxylic acid groups (broad SMARTS) is 1. The maximum atomic E-state index is 12.2. The molecule has 18 heavy (non-hydrogen) atoms. The number of hydrogen-bond acceptors (Lipinski definition) is 3. The zero-order chi connectivity index (χ0) is 13.9. The zero-order valence-corrected chi connectivity index (χ0v) is 11.0. The summed E-state index contributed by atoms with van der Waals surface area (Å²) in [4.78, 5) is 37.5. The fourth-order valence-corrected chi connectivity index (χ4v) is 2.12. The molecule has 0 spiro atoms. The molecule has 0 aromatic rings. The number of likely N-dealkylation sites (N-methyl/N-ethyl adjacent to an activating group) is 1. The Morgan fingerprint density at radius 1 is 1.50 bits per heavy atom. The molecule has 0 saturated carbocycles. The van der Waals surface area contributed by atoms with Gasteiger partial charge in [0.15, 0.2) is 0 Å². The Bertz CT molecular complexity index is 356. The van der Waals surface area contributed by atoms with Crippen molar-refractivity contribution < 1.29 is 19.5 Å². The van der Waals surface area contributed by atoms with Crippen LogP contribution >= 0.6 is 0 Å². The zero-order valence-electron chi connectivity index (χ0n) is 11.0. The molecule has 1 N–H and O–H groups in total. The Kier molecular flexibility index (Phi) is 4.69. The third-order valence-electron chi connectivity index (χ3n) is 3.44. The first-order chi connectivity index (χ1) is 8.40. The quantitative estimate of drug-likeness (QED) is 0.768. The monoisotopic (exact) mass is 256 g/mol. The molecule has 2 amide bonds. The molecule has 2 atom stereocenters. The summed E-state index contributed by atoms with van der Waals surface area (Å²) < 4.78 is 0. The summed E-state index contributed by atoms with van der Waals surface area (Å²) in [7, 11) is 1.46. The van der Waals surface area contributed by atoms with E-state index in [-0.39, 0.29) is 11.8 Å². The van der Waals surface area contributed by atoms with Crippen molar-refractivity contribution in [3.8, 4) is 0 Å². The number of carbonyl (C=O) groups excluding carboxylic acids is 2. The van der Waals surface area contributed by atoms with Crippen LogP contribution < -0.4 is 0 Å². The molecule has 6 nitrogen and oxygen atoms in total. The van der Waals surface area contributed by atoms with Gasteiger partial charge < -0.3 is 14.9 Å². The summed E-state index contributed by atoms with van der Waals surface area (Å²) in [6.45, 7) is 3.87. The smallest absolute Gasteiger partial charge is 0.326 e. The van der Waals surface area contributed by atoms with Gasteiger partial charge in [-0.25, -0.2) is 4.79 Å². The molecule has 1 aliphatic heterocycles. The minimum atomic E-state index is -1.05. The summed E-state index contributed by atoms with van der Waals surface area (Å²) in [5, 5.41) is 8.90. The van der Waals surface area contributed by atoms with E-state index in [2.05, 4.69) is 0 Å². The van der Waals surface area contributed by atoms with Crippen LogP contribution in [0.3, 0.4) is 0 Å². The van der Waals surface area contributed by atoms with Crippen LogP contribution in [0, 0.1) is 0 Å². The average Bonchev–Trinajstić information content (AvgIpc) is 2.74. The van der Waals surface area contributed by atoms with E-state index in [9.17, 15) is 14.4 Å². The van der Waals surface area contributed by atoms with Crippen molar-refractivity contribution in [1.82, 2.24) is 9.80 Å². The van der Waals surface area contributed by atoms with Crippen LogP contribution in [-0.4, -0.2) is 58.4 Å². The first-order valence-electron chi connectivity index (χ1n) is 6.19. The molecule has 1 aliphatic rings. The van der Waals surface area contributed by atoms with Gasteiger partial charge in [0.1, 0.15) is 12.1 Å². The molecule has 1 saturated heterocycles. The van der Waals surface area contributed by atoms with E-state index in [0.717, 1.165) is 6.42 Å². The van der Waals surface area contributed by atoms with E-state index >= 15 is 0 Å². The Morgan fingerprint density at radius 2 is 2.11 bits per heavy atom. The van der Waals surface area contributed by atoms with Gasteiger partial charge >= 0.3 is 5.97 Å². The molecular formula is C12H20N2O4. The molecule has 1 fully saturated rings. The van der Waals surface area contributed by atoms with E-state index < -0.39 is 18.1 Å². The van der Waals surface area contributed by atoms with E-state index in [1.165, 1.54) is 18.9 Å². The van der Waals surface area contributed by atoms with Crippen molar-refractivity contribution in [3.63, 3.8) is 0 Å². The summed E-state index contributed by atoms with van der Waals surface area (Å²) >= 11 is 0. The summed E-state index contributed by atoms with van der Waals surface area (Å²) in [5.41, 5.74) is 0. The Hall–Kier alpha value is -1.59. The van der Waals surface area contributed by atoms with Crippen LogP contribution in [0.5, 0.6) is 0 Å². The lowest BCUT2D eigenvalue weighted by Crippen LogP contribution is -2.51. The first-order valence-corrected chi connectivity index (χ1v) is 6.19. The van der Waals surface area contributed by atoms with Crippen LogP contribution in [0.2, 0.25) is 0 Å². The molecule has 0 aliphatic carbocycles. The van der Waals surface area contributed by atoms with E-state index in [1.807, 2.05) is 6.92 Å². The van der Waals surface area contributed by atoms with Gasteiger partial charge in [0.05, 0.1) is 0 Å². The molecule has 102 valence electrons. The number of nitrogens with zero attached hydrogens (tertiary/aromatic N) is 2. The first kappa shape index (κ1) is 14.5. The van der Waals surface area contributed by atoms with Gasteiger partial charge in [-0.15, -0.1) is 0 Å². The van der Waals surface area contributed by atoms with Crippen molar-refractivity contribution in [2.24, 2.45) is 0 Å². The Balaban J connectivity index is 2.79. The number of carbonyl (C=O) groups is 3. The molecule has 1 rings (SSSR count). The highest BCUT2D eigenvalue weighted by atomic mass is 16.4. The van der Waals surface area contributed by atoms with Crippen LogP contribution in [0.25, 0.3) is 0 Å². The number of hydrogen-bond donors (Lipinski definition) is 1. The maximum absolute atomic E-state index is 12.2. The number of amides is 2. The van der Waals surface area contributed by atoms with E-state index in [4.69, 9.17) is 5.11 Å². The fourth-order valence-electron chi connectivity index (χ4n) is 2.12. The van der Waals surface area contributed by atoms with E-state index in [0.29, 0.717) is 19.4 Å². The predicted octanol–water partition coefficient (Wildman–Crippen LogP) is 0.319. The SMILES string of the molecule is CC[C@H](C(=O)N(C)[C@@H](C)C(=O)O)N1CCCC1=O. The largest absolute Gasteiger partial charge is 0.480 e. The highest BCUT2D eigenvalue weighted by Gasteiger charge is 2.35. The number of carboxylic acids is 1. The molecule has 6 heteroatoms. The van der Waals surface area contributed by atoms with Crippen molar-refractivity contribution >= 4 is 17.8 Å². The highest BCUT2D eigenvalue weighted by Crippen LogP contribution is 2.18. The molecule has 0 radical (unpaired) electrons. The predicted molar refractivity (Wildman–Crippen MR) is 64.9 cm³/mol. The summed E-state index contributed by atoms with van der Waals surface area (Å²) in [5.74, 6) is -1.37. The third kappa shape index (κ3) is 2.80. The van der Waals surface area contributed by atoms with Gasteiger partial charge in [-0.3, -0.25) is 9.59 Å². The highest BCUT2D eigenvalue weighted by molar-refractivity contribution is 5.90. The standard InChI is InChI=1S/C12H20N2O4/c1-4-9(14-7-5-6-10(14)15)11(16)13(3)8(2)12(17)18/h8-9H,4-7H2,1-3H3,(H,17,18)/t8-,9+/m0/s1. The summed E-state index contributed by atoms with van der Waals surface area (Å²) in [6.07, 6.45) is 1.74. The van der Waals surface area contributed by atoms with Gasteiger partial charge in [-0.1, -0.05) is 6.92 Å². The molecule has 0 aromatic heterocycles. The van der Waals surface area contributed by atoms with Gasteiger partial charge in [0, 0.05) is 20.0 Å². The molecule has 0 unspecified atom stereocenters. The van der Waals surface area contributed by atoms with Gasteiger partial charge in [0.2, 0.25) is 11.8 Å². The maximum Gasteiger partial charge on any atom is 0.326 e. The lowest BCUT2D eigenvalue weighted by atomic mass is 10.1. The normalized spacial score (nSPS) is 18.6. The second-order valence-corrected chi connectivity index (χ2v) is 4.58. The van der Waals surface area contributed by atoms with Gasteiger partial charge in [0.25, 0.3) is 0 Å². The lowest BCUT2D eigenvalue weighted by molar-refractivity contribution is -0.152. The third-order valence-corrected chi connectivity index (χ3v) is 3.44. The molecule has 0 aromatic carbocycles. The fraction of sp³-hybridized carbons (Fsp3) is 0.750. The lowest BCUT2D eigenvalue weighted by Gasteiger charge is -2.31. The molecule has 0 bridgehead atoms. The van der Waals surface area contributed by atoms with Crippen molar-refractivity contribution in [2.45, 2.75) is 45.2 Å². The van der Waals surface area contributed by atoms with Gasteiger partial charge in [-0.05, 0) is 19.8 Å². The van der Waals surface area contributed by atoms with Crippen LogP contribution in [-0.2, 0) is 14.4 Å². The Labute approximate surface area is 107 Å². The second-order valence-electron chi connectivity index (χ2n) is 4.58. The number of rotatable bonds is 5. The van der Waals surface area contributed by atoms with Crippen LogP contribution in [0.15, 0.2) is 0 Å². The van der Waals surface area contributed by atoms with Gasteiger partial charge in [-0.2, -0.15) is 0 Å². The minimum Gasteiger partial charge on any atom is -0.480 e. The topological polar surface area (TPSA) is 77.9 Å². The van der Waals surface area contributed by atoms with Crippen molar-refractivity contribution in [2.75, 3.05) is 13.6 Å². The van der Waals surface area contributed by atoms with E-state index in [1.54, 1.807) is 4.90 Å². The average molecular weight is 256 g/mol. The van der Waals surface area contributed by atoms with Crippen LogP contribution in [0.4, 0.5) is 0 Å². The minimum absolute atomic E-state index is 0.0217. The Morgan fingerprint density at radius 3 is 2.50 bits per heavy atom. The molecular weight excluding hydrogens is 236 g/mol. The second kappa shape index (κ2) is 5.84. The number of likely N-dealkylation sites (tertiary alicyclic amines) is 1. The van der Waals surface area contributed by atoms with Crippen molar-refractivity contribution in [3.05, 3.63) is 0 Å². The molecule has 1 heterocycles. The summed E-state index contributed by atoms with van der Waals surface area (Å²) in [6, 6.07) is -1.42. The van der Waals surface area contributed by atoms with Crippen LogP contribution in [0.1, 0.15) is 33.1 Å². The number of aliphatic carboxylic acids is 1.